The first kappa shape index (κ1) is 16.2. The Morgan fingerprint density at radius 1 is 1.25 bits per heavy atom. The van der Waals surface area contributed by atoms with E-state index in [9.17, 15) is 4.79 Å². The fourth-order valence-corrected chi connectivity index (χ4v) is 2.76. The molecule has 1 amide bonds. The molecule has 1 N–H and O–H groups in total. The van der Waals surface area contributed by atoms with Crippen LogP contribution in [-0.4, -0.2) is 22.7 Å². The van der Waals surface area contributed by atoms with E-state index in [1.165, 1.54) is 11.3 Å². The normalized spacial score (nSPS) is 10.5. The molecular weight excluding hydrogens is 326 g/mol. The average molecular weight is 343 g/mol. The van der Waals surface area contributed by atoms with Gasteiger partial charge < -0.3 is 14.5 Å². The molecule has 2 aromatic heterocycles. The maximum absolute atomic E-state index is 12.0. The molecule has 3 rings (SSSR count). The maximum Gasteiger partial charge on any atom is 0.257 e. The highest BCUT2D eigenvalue weighted by Gasteiger charge is 2.10. The van der Waals surface area contributed by atoms with Gasteiger partial charge in [0.25, 0.3) is 5.89 Å². The number of hydrogen-bond acceptors (Lipinski definition) is 6. The lowest BCUT2D eigenvalue weighted by Crippen LogP contribution is -2.24. The van der Waals surface area contributed by atoms with E-state index in [2.05, 4.69) is 15.5 Å². The predicted octanol–water partition coefficient (Wildman–Crippen LogP) is 3.06. The van der Waals surface area contributed by atoms with Crippen molar-refractivity contribution >= 4 is 17.2 Å². The second kappa shape index (κ2) is 7.74. The first-order chi connectivity index (χ1) is 11.7. The van der Waals surface area contributed by atoms with Crippen LogP contribution < -0.4 is 10.1 Å². The third-order valence-electron chi connectivity index (χ3n) is 3.23. The summed E-state index contributed by atoms with van der Waals surface area (Å²) in [6, 6.07) is 11.3. The highest BCUT2D eigenvalue weighted by molar-refractivity contribution is 7.13. The van der Waals surface area contributed by atoms with Gasteiger partial charge in [0.1, 0.15) is 5.75 Å². The van der Waals surface area contributed by atoms with Crippen LogP contribution in [0.3, 0.4) is 0 Å². The first-order valence-corrected chi connectivity index (χ1v) is 8.47. The van der Waals surface area contributed by atoms with Gasteiger partial charge in [-0.05, 0) is 36.1 Å². The molecule has 0 aliphatic carbocycles. The Morgan fingerprint density at radius 2 is 2.08 bits per heavy atom. The molecule has 7 heteroatoms. The number of ether oxygens (including phenoxy) is 1. The maximum atomic E-state index is 12.0. The van der Waals surface area contributed by atoms with Crippen LogP contribution in [0, 0.1) is 0 Å². The summed E-state index contributed by atoms with van der Waals surface area (Å²) in [5.41, 5.74) is 0.917. The second-order valence-corrected chi connectivity index (χ2v) is 5.96. The quantitative estimate of drug-likeness (QED) is 0.713. The Kier molecular flexibility index (Phi) is 5.22. The number of nitrogens with one attached hydrogen (secondary N) is 1. The van der Waals surface area contributed by atoms with E-state index in [1.807, 2.05) is 48.7 Å². The number of amides is 1. The van der Waals surface area contributed by atoms with Crippen LogP contribution in [0.5, 0.6) is 5.75 Å². The van der Waals surface area contributed by atoms with Crippen LogP contribution in [0.15, 0.2) is 46.2 Å². The smallest absolute Gasteiger partial charge is 0.257 e. The minimum atomic E-state index is -0.102. The Labute approximate surface area is 143 Å². The van der Waals surface area contributed by atoms with Crippen molar-refractivity contribution in [3.05, 3.63) is 53.2 Å². The topological polar surface area (TPSA) is 77.2 Å². The Bertz CT molecular complexity index is 782. The molecule has 2 heterocycles. The molecule has 0 fully saturated rings. The first-order valence-electron chi connectivity index (χ1n) is 7.59. The van der Waals surface area contributed by atoms with Crippen molar-refractivity contribution in [1.82, 2.24) is 15.5 Å². The Balaban J connectivity index is 1.50. The third-order valence-corrected chi connectivity index (χ3v) is 4.09. The number of hydrogen-bond donors (Lipinski definition) is 1. The van der Waals surface area contributed by atoms with Crippen LogP contribution in [-0.2, 0) is 17.8 Å². The fraction of sp³-hybridized carbons (Fsp3) is 0.235. The highest BCUT2D eigenvalue weighted by atomic mass is 32.1. The zero-order valence-electron chi connectivity index (χ0n) is 13.2. The van der Waals surface area contributed by atoms with Gasteiger partial charge in [-0.1, -0.05) is 18.2 Å². The number of aromatic nitrogens is 2. The summed E-state index contributed by atoms with van der Waals surface area (Å²) in [4.78, 5) is 12.9. The van der Waals surface area contributed by atoms with E-state index in [0.29, 0.717) is 24.8 Å². The summed E-state index contributed by atoms with van der Waals surface area (Å²) >= 11 is 1.53. The zero-order valence-corrected chi connectivity index (χ0v) is 14.0. The second-order valence-electron chi connectivity index (χ2n) is 5.01. The highest BCUT2D eigenvalue weighted by Crippen LogP contribution is 2.22. The van der Waals surface area contributed by atoms with Gasteiger partial charge in [0.15, 0.2) is 0 Å². The molecule has 0 aliphatic rings. The van der Waals surface area contributed by atoms with Crippen molar-refractivity contribution in [1.29, 1.82) is 0 Å². The SMILES string of the molecule is CCOc1ccc(CC(=O)NCc2nnc(-c3cccs3)o2)cc1. The molecule has 6 nitrogen and oxygen atoms in total. The summed E-state index contributed by atoms with van der Waals surface area (Å²) in [5, 5.41) is 12.6. The van der Waals surface area contributed by atoms with E-state index in [4.69, 9.17) is 9.15 Å². The Morgan fingerprint density at radius 3 is 2.79 bits per heavy atom. The number of benzene rings is 1. The van der Waals surface area contributed by atoms with E-state index in [1.54, 1.807) is 0 Å². The van der Waals surface area contributed by atoms with Crippen LogP contribution in [0.25, 0.3) is 10.8 Å². The van der Waals surface area contributed by atoms with Crippen molar-refractivity contribution in [2.24, 2.45) is 0 Å². The van der Waals surface area contributed by atoms with Crippen LogP contribution in [0.1, 0.15) is 18.4 Å². The summed E-state index contributed by atoms with van der Waals surface area (Å²) < 4.78 is 10.9. The molecule has 0 unspecified atom stereocenters. The molecule has 0 radical (unpaired) electrons. The van der Waals surface area contributed by atoms with Crippen molar-refractivity contribution in [3.8, 4) is 16.5 Å². The van der Waals surface area contributed by atoms with Crippen molar-refractivity contribution in [2.45, 2.75) is 19.9 Å². The standard InChI is InChI=1S/C17H17N3O3S/c1-2-22-13-7-5-12(6-8-13)10-15(21)18-11-16-19-20-17(23-16)14-4-3-9-24-14/h3-9H,2,10-11H2,1H3,(H,18,21). The van der Waals surface area contributed by atoms with E-state index < -0.39 is 0 Å². The lowest BCUT2D eigenvalue weighted by Gasteiger charge is -2.05. The molecule has 0 saturated heterocycles. The average Bonchev–Trinajstić information content (AvgIpc) is 3.26. The van der Waals surface area contributed by atoms with Gasteiger partial charge in [-0.2, -0.15) is 0 Å². The molecule has 24 heavy (non-hydrogen) atoms. The number of thiophene rings is 1. The molecule has 1 aromatic carbocycles. The molecule has 0 spiro atoms. The van der Waals surface area contributed by atoms with Gasteiger partial charge in [-0.3, -0.25) is 4.79 Å². The number of rotatable bonds is 7. The number of carbonyl (C=O) groups is 1. The monoisotopic (exact) mass is 343 g/mol. The van der Waals surface area contributed by atoms with Gasteiger partial charge in [0, 0.05) is 0 Å². The molecule has 0 saturated carbocycles. The summed E-state index contributed by atoms with van der Waals surface area (Å²) in [6.45, 7) is 2.77. The van der Waals surface area contributed by atoms with Crippen LogP contribution in [0.2, 0.25) is 0 Å². The van der Waals surface area contributed by atoms with Gasteiger partial charge in [-0.25, -0.2) is 0 Å². The van der Waals surface area contributed by atoms with Gasteiger partial charge in [0.2, 0.25) is 11.8 Å². The van der Waals surface area contributed by atoms with E-state index in [-0.39, 0.29) is 12.5 Å². The summed E-state index contributed by atoms with van der Waals surface area (Å²) in [6.07, 6.45) is 0.290. The minimum Gasteiger partial charge on any atom is -0.494 e. The van der Waals surface area contributed by atoms with Crippen LogP contribution in [0.4, 0.5) is 0 Å². The summed E-state index contributed by atoms with van der Waals surface area (Å²) in [7, 11) is 0. The van der Waals surface area contributed by atoms with Crippen LogP contribution >= 0.6 is 11.3 Å². The largest absolute Gasteiger partial charge is 0.494 e. The summed E-state index contributed by atoms with van der Waals surface area (Å²) in [5.74, 6) is 1.56. The third kappa shape index (κ3) is 4.20. The lowest BCUT2D eigenvalue weighted by atomic mass is 10.1. The zero-order chi connectivity index (χ0) is 16.8. The molecule has 0 bridgehead atoms. The minimum absolute atomic E-state index is 0.102. The van der Waals surface area contributed by atoms with Crippen molar-refractivity contribution in [2.75, 3.05) is 6.61 Å². The molecule has 0 aliphatic heterocycles. The molecule has 0 atom stereocenters. The fourth-order valence-electron chi connectivity index (χ4n) is 2.12. The number of carbonyl (C=O) groups excluding carboxylic acids is 1. The predicted molar refractivity (Wildman–Crippen MR) is 90.8 cm³/mol. The van der Waals surface area contributed by atoms with Crippen molar-refractivity contribution < 1.29 is 13.9 Å². The van der Waals surface area contributed by atoms with Gasteiger partial charge in [0.05, 0.1) is 24.4 Å². The molecule has 124 valence electrons. The van der Waals surface area contributed by atoms with E-state index >= 15 is 0 Å². The van der Waals surface area contributed by atoms with Gasteiger partial charge in [-0.15, -0.1) is 21.5 Å². The number of nitrogens with zero attached hydrogens (tertiary/aromatic N) is 2. The van der Waals surface area contributed by atoms with E-state index in [0.717, 1.165) is 16.2 Å². The van der Waals surface area contributed by atoms with Gasteiger partial charge >= 0.3 is 0 Å². The van der Waals surface area contributed by atoms with Crippen molar-refractivity contribution in [3.63, 3.8) is 0 Å². The Hall–Kier alpha value is -2.67. The molecule has 3 aromatic rings. The molecular formula is C17H17N3O3S. The lowest BCUT2D eigenvalue weighted by molar-refractivity contribution is -0.120.